The van der Waals surface area contributed by atoms with Crippen LogP contribution in [0.4, 0.5) is 0 Å². The molecule has 1 aromatic heterocycles. The van der Waals surface area contributed by atoms with Crippen LogP contribution in [0.15, 0.2) is 18.5 Å². The molecule has 78 valence electrons. The Kier molecular flexibility index (Phi) is 3.22. The molecule has 1 aromatic rings. The highest BCUT2D eigenvalue weighted by Crippen LogP contribution is 2.23. The van der Waals surface area contributed by atoms with Crippen LogP contribution in [0.5, 0.6) is 0 Å². The van der Waals surface area contributed by atoms with Crippen LogP contribution in [0, 0.1) is 0 Å². The number of aromatic nitrogens is 1. The molecule has 1 fully saturated rings. The maximum Gasteiger partial charge on any atom is 0.0361 e. The van der Waals surface area contributed by atoms with E-state index in [1.54, 1.807) is 0 Å². The zero-order valence-corrected chi connectivity index (χ0v) is 8.79. The van der Waals surface area contributed by atoms with Crippen LogP contribution in [0.2, 0.25) is 0 Å². The van der Waals surface area contributed by atoms with Crippen LogP contribution in [-0.4, -0.2) is 36.1 Å². The van der Waals surface area contributed by atoms with Crippen molar-refractivity contribution in [1.29, 1.82) is 0 Å². The monoisotopic (exact) mass is 193 g/mol. The predicted octanol–water partition coefficient (Wildman–Crippen LogP) is 1.37. The average molecular weight is 193 g/mol. The van der Waals surface area contributed by atoms with E-state index >= 15 is 0 Å². The molecule has 2 N–H and O–H groups in total. The van der Waals surface area contributed by atoms with Gasteiger partial charge in [-0.2, -0.15) is 0 Å². The lowest BCUT2D eigenvalue weighted by Gasteiger charge is -2.34. The molecule has 0 radical (unpaired) electrons. The third kappa shape index (κ3) is 1.99. The molecule has 0 amide bonds. The van der Waals surface area contributed by atoms with E-state index in [0.29, 0.717) is 6.04 Å². The highest BCUT2D eigenvalue weighted by molar-refractivity contribution is 5.14. The number of piperazine rings is 1. The van der Waals surface area contributed by atoms with Gasteiger partial charge in [-0.15, -0.1) is 0 Å². The van der Waals surface area contributed by atoms with Gasteiger partial charge in [0, 0.05) is 44.6 Å². The molecule has 3 nitrogen and oxygen atoms in total. The molecular formula is C11H19N3. The fraction of sp³-hybridized carbons (Fsp3) is 0.636. The van der Waals surface area contributed by atoms with Crippen molar-refractivity contribution >= 4 is 0 Å². The van der Waals surface area contributed by atoms with Gasteiger partial charge in [0.15, 0.2) is 0 Å². The normalized spacial score (nSPS) is 20.9. The number of hydrogen-bond acceptors (Lipinski definition) is 2. The van der Waals surface area contributed by atoms with Crippen molar-refractivity contribution in [3.63, 3.8) is 0 Å². The van der Waals surface area contributed by atoms with Gasteiger partial charge in [-0.05, 0) is 18.1 Å². The smallest absolute Gasteiger partial charge is 0.0361 e. The molecule has 2 heterocycles. The summed E-state index contributed by atoms with van der Waals surface area (Å²) in [7, 11) is 0. The summed E-state index contributed by atoms with van der Waals surface area (Å²) < 4.78 is 0. The minimum absolute atomic E-state index is 0.600. The van der Waals surface area contributed by atoms with Crippen molar-refractivity contribution in [1.82, 2.24) is 15.2 Å². The first-order valence-corrected chi connectivity index (χ1v) is 5.49. The average Bonchev–Trinajstić information content (AvgIpc) is 2.74. The quantitative estimate of drug-likeness (QED) is 0.759. The Balaban J connectivity index is 2.04. The van der Waals surface area contributed by atoms with E-state index < -0.39 is 0 Å². The third-order valence-corrected chi connectivity index (χ3v) is 2.99. The van der Waals surface area contributed by atoms with Crippen molar-refractivity contribution < 1.29 is 0 Å². The van der Waals surface area contributed by atoms with Gasteiger partial charge in [-0.25, -0.2) is 0 Å². The van der Waals surface area contributed by atoms with Gasteiger partial charge in [-0.1, -0.05) is 6.92 Å². The second-order valence-corrected chi connectivity index (χ2v) is 3.85. The first-order chi connectivity index (χ1) is 6.92. The second kappa shape index (κ2) is 4.62. The first-order valence-electron chi connectivity index (χ1n) is 5.49. The Morgan fingerprint density at radius 2 is 2.21 bits per heavy atom. The topological polar surface area (TPSA) is 31.1 Å². The van der Waals surface area contributed by atoms with E-state index in [1.807, 2.05) is 6.20 Å². The van der Waals surface area contributed by atoms with E-state index in [2.05, 4.69) is 34.4 Å². The molecule has 2 rings (SSSR count). The van der Waals surface area contributed by atoms with Gasteiger partial charge in [-0.3, -0.25) is 4.90 Å². The maximum atomic E-state index is 3.39. The van der Waals surface area contributed by atoms with E-state index in [9.17, 15) is 0 Å². The maximum absolute atomic E-state index is 3.39. The highest BCUT2D eigenvalue weighted by atomic mass is 15.2. The molecule has 1 aliphatic heterocycles. The highest BCUT2D eigenvalue weighted by Gasteiger charge is 2.20. The standard InChI is InChI=1S/C11H19N3/c1-2-11(10-3-4-13-9-10)14-7-5-12-6-8-14/h3-4,9,11-13H,2,5-8H2,1H3. The molecule has 1 unspecified atom stereocenters. The fourth-order valence-corrected chi connectivity index (χ4v) is 2.24. The number of H-pyrrole nitrogens is 1. The number of nitrogens with one attached hydrogen (secondary N) is 2. The van der Waals surface area contributed by atoms with Crippen LogP contribution in [0.1, 0.15) is 24.9 Å². The number of nitrogens with zero attached hydrogens (tertiary/aromatic N) is 1. The minimum Gasteiger partial charge on any atom is -0.367 e. The molecule has 1 saturated heterocycles. The Bertz CT molecular complexity index is 250. The molecular weight excluding hydrogens is 174 g/mol. The second-order valence-electron chi connectivity index (χ2n) is 3.85. The zero-order chi connectivity index (χ0) is 9.80. The van der Waals surface area contributed by atoms with Gasteiger partial charge in [0.2, 0.25) is 0 Å². The molecule has 0 saturated carbocycles. The summed E-state index contributed by atoms with van der Waals surface area (Å²) in [6.45, 7) is 6.86. The van der Waals surface area contributed by atoms with Crippen molar-refractivity contribution in [2.75, 3.05) is 26.2 Å². The van der Waals surface area contributed by atoms with Crippen LogP contribution in [0.3, 0.4) is 0 Å². The Hall–Kier alpha value is -0.800. The molecule has 0 spiro atoms. The van der Waals surface area contributed by atoms with Crippen LogP contribution in [-0.2, 0) is 0 Å². The molecule has 1 aliphatic rings. The Morgan fingerprint density at radius 1 is 1.43 bits per heavy atom. The van der Waals surface area contributed by atoms with Crippen LogP contribution < -0.4 is 5.32 Å². The van der Waals surface area contributed by atoms with E-state index in [1.165, 1.54) is 25.1 Å². The van der Waals surface area contributed by atoms with Crippen LogP contribution in [0.25, 0.3) is 0 Å². The molecule has 0 aromatic carbocycles. The summed E-state index contributed by atoms with van der Waals surface area (Å²) in [4.78, 5) is 5.71. The molecule has 1 atom stereocenters. The van der Waals surface area contributed by atoms with E-state index in [0.717, 1.165) is 13.1 Å². The number of rotatable bonds is 3. The van der Waals surface area contributed by atoms with Gasteiger partial charge < -0.3 is 10.3 Å². The largest absolute Gasteiger partial charge is 0.367 e. The Morgan fingerprint density at radius 3 is 2.79 bits per heavy atom. The summed E-state index contributed by atoms with van der Waals surface area (Å²) >= 11 is 0. The lowest BCUT2D eigenvalue weighted by Crippen LogP contribution is -2.44. The van der Waals surface area contributed by atoms with Gasteiger partial charge >= 0.3 is 0 Å². The lowest BCUT2D eigenvalue weighted by atomic mass is 10.1. The predicted molar refractivity (Wildman–Crippen MR) is 58.3 cm³/mol. The van der Waals surface area contributed by atoms with Gasteiger partial charge in [0.05, 0.1) is 0 Å². The Labute approximate surface area is 85.5 Å². The third-order valence-electron chi connectivity index (χ3n) is 2.99. The SMILES string of the molecule is CCC(c1cc[nH]c1)N1CCNCC1. The number of hydrogen-bond donors (Lipinski definition) is 2. The molecule has 14 heavy (non-hydrogen) atoms. The first kappa shape index (κ1) is 9.74. The van der Waals surface area contributed by atoms with Gasteiger partial charge in [0.1, 0.15) is 0 Å². The van der Waals surface area contributed by atoms with Gasteiger partial charge in [0.25, 0.3) is 0 Å². The van der Waals surface area contributed by atoms with Crippen LogP contribution >= 0.6 is 0 Å². The van der Waals surface area contributed by atoms with E-state index in [-0.39, 0.29) is 0 Å². The summed E-state index contributed by atoms with van der Waals surface area (Å²) in [6.07, 6.45) is 5.33. The van der Waals surface area contributed by atoms with Crippen molar-refractivity contribution in [2.45, 2.75) is 19.4 Å². The summed E-state index contributed by atoms with van der Waals surface area (Å²) in [5.41, 5.74) is 1.43. The van der Waals surface area contributed by atoms with Crippen molar-refractivity contribution in [2.24, 2.45) is 0 Å². The zero-order valence-electron chi connectivity index (χ0n) is 8.79. The fourth-order valence-electron chi connectivity index (χ4n) is 2.24. The lowest BCUT2D eigenvalue weighted by molar-refractivity contribution is 0.169. The summed E-state index contributed by atoms with van der Waals surface area (Å²) in [5.74, 6) is 0. The minimum atomic E-state index is 0.600. The summed E-state index contributed by atoms with van der Waals surface area (Å²) in [6, 6.07) is 2.79. The van der Waals surface area contributed by atoms with E-state index in [4.69, 9.17) is 0 Å². The molecule has 0 aliphatic carbocycles. The summed E-state index contributed by atoms with van der Waals surface area (Å²) in [5, 5.41) is 3.39. The van der Waals surface area contributed by atoms with Crippen molar-refractivity contribution in [3.8, 4) is 0 Å². The molecule has 3 heteroatoms. The number of aromatic amines is 1. The van der Waals surface area contributed by atoms with Crippen molar-refractivity contribution in [3.05, 3.63) is 24.0 Å². The molecule has 0 bridgehead atoms.